The molecular weight excluding hydrogens is 232 g/mol. The summed E-state index contributed by atoms with van der Waals surface area (Å²) in [5.41, 5.74) is -0.203. The molecule has 2 atom stereocenters. The fourth-order valence-corrected chi connectivity index (χ4v) is 1.99. The molecule has 2 amide bonds. The van der Waals surface area contributed by atoms with Crippen LogP contribution in [0.25, 0.3) is 0 Å². The number of amides is 2. The van der Waals surface area contributed by atoms with Crippen molar-refractivity contribution in [3.63, 3.8) is 0 Å². The Morgan fingerprint density at radius 1 is 1.61 bits per heavy atom. The Hall–Kier alpha value is -0.810. The van der Waals surface area contributed by atoms with Crippen LogP contribution in [-0.2, 0) is 9.47 Å². The SMILES string of the molecule is CC[C@]1(C)CN(C(=O)N[C@@H](C)CCOC)CCO1. The molecule has 5 nitrogen and oxygen atoms in total. The molecule has 1 aliphatic rings. The molecule has 0 bridgehead atoms. The molecule has 1 aliphatic heterocycles. The molecule has 1 fully saturated rings. The lowest BCUT2D eigenvalue weighted by atomic mass is 10.0. The highest BCUT2D eigenvalue weighted by atomic mass is 16.5. The monoisotopic (exact) mass is 258 g/mol. The van der Waals surface area contributed by atoms with Crippen molar-refractivity contribution in [3.05, 3.63) is 0 Å². The van der Waals surface area contributed by atoms with Crippen molar-refractivity contribution in [2.45, 2.75) is 45.3 Å². The van der Waals surface area contributed by atoms with Crippen molar-refractivity contribution in [3.8, 4) is 0 Å². The van der Waals surface area contributed by atoms with E-state index in [0.717, 1.165) is 12.8 Å². The average molecular weight is 258 g/mol. The van der Waals surface area contributed by atoms with Gasteiger partial charge in [0.25, 0.3) is 0 Å². The molecule has 0 saturated carbocycles. The summed E-state index contributed by atoms with van der Waals surface area (Å²) in [5, 5.41) is 3.00. The Kier molecular flexibility index (Phi) is 5.88. The summed E-state index contributed by atoms with van der Waals surface area (Å²) in [6.45, 7) is 8.74. The molecule has 0 aromatic carbocycles. The van der Waals surface area contributed by atoms with Crippen LogP contribution in [0.5, 0.6) is 0 Å². The van der Waals surface area contributed by atoms with Gasteiger partial charge in [0.05, 0.1) is 18.8 Å². The summed E-state index contributed by atoms with van der Waals surface area (Å²) < 4.78 is 10.7. The minimum atomic E-state index is -0.203. The van der Waals surface area contributed by atoms with Crippen LogP contribution in [0.15, 0.2) is 0 Å². The van der Waals surface area contributed by atoms with Gasteiger partial charge in [0.15, 0.2) is 0 Å². The fraction of sp³-hybridized carbons (Fsp3) is 0.923. The molecule has 0 spiro atoms. The number of hydrogen-bond donors (Lipinski definition) is 1. The number of nitrogens with zero attached hydrogens (tertiary/aromatic N) is 1. The van der Waals surface area contributed by atoms with E-state index in [9.17, 15) is 4.79 Å². The summed E-state index contributed by atoms with van der Waals surface area (Å²) in [7, 11) is 1.67. The maximum absolute atomic E-state index is 12.1. The molecular formula is C13H26N2O3. The quantitative estimate of drug-likeness (QED) is 0.815. The molecule has 0 radical (unpaired) electrons. The molecule has 0 aromatic heterocycles. The smallest absolute Gasteiger partial charge is 0.317 e. The lowest BCUT2D eigenvalue weighted by Crippen LogP contribution is -2.55. The van der Waals surface area contributed by atoms with Crippen LogP contribution in [0.4, 0.5) is 4.79 Å². The summed E-state index contributed by atoms with van der Waals surface area (Å²) >= 11 is 0. The standard InChI is InChI=1S/C13H26N2O3/c1-5-13(3)10-15(7-9-18-13)12(16)14-11(2)6-8-17-4/h11H,5-10H2,1-4H3,(H,14,16)/t11-,13+/m0/s1. The van der Waals surface area contributed by atoms with Gasteiger partial charge in [-0.2, -0.15) is 0 Å². The Bertz CT molecular complexity index is 273. The molecule has 5 heteroatoms. The number of nitrogens with one attached hydrogen (secondary N) is 1. The Labute approximate surface area is 110 Å². The van der Waals surface area contributed by atoms with Crippen molar-refractivity contribution < 1.29 is 14.3 Å². The van der Waals surface area contributed by atoms with E-state index in [-0.39, 0.29) is 17.7 Å². The molecule has 0 unspecified atom stereocenters. The largest absolute Gasteiger partial charge is 0.385 e. The van der Waals surface area contributed by atoms with Crippen molar-refractivity contribution in [1.29, 1.82) is 0 Å². The Balaban J connectivity index is 2.41. The predicted molar refractivity (Wildman–Crippen MR) is 70.7 cm³/mol. The van der Waals surface area contributed by atoms with E-state index in [1.54, 1.807) is 7.11 Å². The third-order valence-electron chi connectivity index (χ3n) is 3.50. The molecule has 0 aromatic rings. The molecule has 1 saturated heterocycles. The lowest BCUT2D eigenvalue weighted by molar-refractivity contribution is -0.0874. The van der Waals surface area contributed by atoms with Crippen molar-refractivity contribution >= 4 is 6.03 Å². The van der Waals surface area contributed by atoms with E-state index in [1.165, 1.54) is 0 Å². The average Bonchev–Trinajstić information content (AvgIpc) is 2.36. The van der Waals surface area contributed by atoms with Gasteiger partial charge < -0.3 is 19.7 Å². The van der Waals surface area contributed by atoms with Gasteiger partial charge in [-0.3, -0.25) is 0 Å². The van der Waals surface area contributed by atoms with E-state index in [4.69, 9.17) is 9.47 Å². The second kappa shape index (κ2) is 6.95. The first-order valence-corrected chi connectivity index (χ1v) is 6.69. The second-order valence-corrected chi connectivity index (χ2v) is 5.21. The summed E-state index contributed by atoms with van der Waals surface area (Å²) in [6, 6.07) is 0.134. The minimum Gasteiger partial charge on any atom is -0.385 e. The van der Waals surface area contributed by atoms with Crippen LogP contribution in [-0.4, -0.2) is 56.0 Å². The topological polar surface area (TPSA) is 50.8 Å². The Morgan fingerprint density at radius 3 is 2.94 bits per heavy atom. The van der Waals surface area contributed by atoms with Crippen molar-refractivity contribution in [1.82, 2.24) is 10.2 Å². The first-order valence-electron chi connectivity index (χ1n) is 6.69. The lowest BCUT2D eigenvalue weighted by Gasteiger charge is -2.40. The van der Waals surface area contributed by atoms with Gasteiger partial charge in [0, 0.05) is 26.3 Å². The number of rotatable bonds is 5. The van der Waals surface area contributed by atoms with Gasteiger partial charge in [-0.25, -0.2) is 4.79 Å². The fourth-order valence-electron chi connectivity index (χ4n) is 1.99. The van der Waals surface area contributed by atoms with E-state index in [0.29, 0.717) is 26.3 Å². The van der Waals surface area contributed by atoms with Crippen molar-refractivity contribution in [2.75, 3.05) is 33.4 Å². The zero-order valence-corrected chi connectivity index (χ0v) is 12.0. The van der Waals surface area contributed by atoms with Crippen LogP contribution in [0.2, 0.25) is 0 Å². The van der Waals surface area contributed by atoms with Crippen LogP contribution in [0.3, 0.4) is 0 Å². The van der Waals surface area contributed by atoms with Gasteiger partial charge >= 0.3 is 6.03 Å². The van der Waals surface area contributed by atoms with Crippen LogP contribution in [0, 0.1) is 0 Å². The maximum Gasteiger partial charge on any atom is 0.317 e. The molecule has 1 rings (SSSR count). The number of morpholine rings is 1. The third kappa shape index (κ3) is 4.46. The molecule has 106 valence electrons. The summed E-state index contributed by atoms with van der Waals surface area (Å²) in [6.07, 6.45) is 1.74. The van der Waals surface area contributed by atoms with Crippen molar-refractivity contribution in [2.24, 2.45) is 0 Å². The van der Waals surface area contributed by atoms with E-state index >= 15 is 0 Å². The highest BCUT2D eigenvalue weighted by molar-refractivity contribution is 5.74. The molecule has 1 heterocycles. The van der Waals surface area contributed by atoms with Crippen LogP contribution >= 0.6 is 0 Å². The second-order valence-electron chi connectivity index (χ2n) is 5.21. The molecule has 1 N–H and O–H groups in total. The van der Waals surface area contributed by atoms with Gasteiger partial charge in [-0.15, -0.1) is 0 Å². The van der Waals surface area contributed by atoms with E-state index < -0.39 is 0 Å². The maximum atomic E-state index is 12.1. The van der Waals surface area contributed by atoms with Gasteiger partial charge in [0.2, 0.25) is 0 Å². The Morgan fingerprint density at radius 2 is 2.33 bits per heavy atom. The zero-order chi connectivity index (χ0) is 13.6. The number of methoxy groups -OCH3 is 1. The zero-order valence-electron chi connectivity index (χ0n) is 12.0. The van der Waals surface area contributed by atoms with Gasteiger partial charge in [0.1, 0.15) is 0 Å². The highest BCUT2D eigenvalue weighted by Crippen LogP contribution is 2.20. The van der Waals surface area contributed by atoms with E-state index in [1.807, 2.05) is 11.8 Å². The molecule has 0 aliphatic carbocycles. The number of carbonyl (C=O) groups is 1. The number of urea groups is 1. The predicted octanol–water partition coefficient (Wildman–Crippen LogP) is 1.62. The minimum absolute atomic E-state index is 0.00146. The first-order chi connectivity index (χ1) is 8.50. The van der Waals surface area contributed by atoms with Crippen LogP contribution in [0.1, 0.15) is 33.6 Å². The third-order valence-corrected chi connectivity index (χ3v) is 3.50. The highest BCUT2D eigenvalue weighted by Gasteiger charge is 2.32. The number of carbonyl (C=O) groups excluding carboxylic acids is 1. The first kappa shape index (κ1) is 15.2. The van der Waals surface area contributed by atoms with Crippen LogP contribution < -0.4 is 5.32 Å². The van der Waals surface area contributed by atoms with Gasteiger partial charge in [-0.1, -0.05) is 6.92 Å². The number of hydrogen-bond acceptors (Lipinski definition) is 3. The summed E-state index contributed by atoms with van der Waals surface area (Å²) in [5.74, 6) is 0. The van der Waals surface area contributed by atoms with Gasteiger partial charge in [-0.05, 0) is 26.7 Å². The number of ether oxygens (including phenoxy) is 2. The summed E-state index contributed by atoms with van der Waals surface area (Å²) in [4.78, 5) is 13.9. The normalized spacial score (nSPS) is 25.9. The van der Waals surface area contributed by atoms with E-state index in [2.05, 4.69) is 19.2 Å². The molecule has 18 heavy (non-hydrogen) atoms.